The number of hydrogen-bond acceptors (Lipinski definition) is 3. The molecule has 2 atom stereocenters. The van der Waals surface area contributed by atoms with Crippen molar-refractivity contribution in [3.8, 4) is 0 Å². The van der Waals surface area contributed by atoms with Crippen LogP contribution in [-0.2, 0) is 11.3 Å². The average Bonchev–Trinajstić information content (AvgIpc) is 2.82. The summed E-state index contributed by atoms with van der Waals surface area (Å²) >= 11 is 0. The lowest BCUT2D eigenvalue weighted by molar-refractivity contribution is 0.00469. The summed E-state index contributed by atoms with van der Waals surface area (Å²) in [5, 5.41) is 10.1. The predicted octanol–water partition coefficient (Wildman–Crippen LogP) is 3.34. The van der Waals surface area contributed by atoms with E-state index < -0.39 is 6.10 Å². The molecule has 1 saturated carbocycles. The molecule has 1 aromatic carbocycles. The van der Waals surface area contributed by atoms with Crippen LogP contribution in [0.15, 0.2) is 30.3 Å². The smallest absolute Gasteiger partial charge is 0.410 e. The molecular weight excluding hydrogens is 266 g/mol. The van der Waals surface area contributed by atoms with Gasteiger partial charge in [-0.3, -0.25) is 4.90 Å². The van der Waals surface area contributed by atoms with Gasteiger partial charge >= 0.3 is 6.09 Å². The first-order chi connectivity index (χ1) is 9.89. The minimum atomic E-state index is -0.450. The Bertz CT molecular complexity index is 467. The Hall–Kier alpha value is -1.55. The lowest BCUT2D eigenvalue weighted by Crippen LogP contribution is -2.54. The van der Waals surface area contributed by atoms with Crippen molar-refractivity contribution in [1.82, 2.24) is 4.90 Å². The third-order valence-corrected chi connectivity index (χ3v) is 3.90. The topological polar surface area (TPSA) is 49.8 Å². The van der Waals surface area contributed by atoms with Crippen LogP contribution in [0, 0.1) is 0 Å². The van der Waals surface area contributed by atoms with Crippen LogP contribution in [0.5, 0.6) is 0 Å². The second-order valence-electron chi connectivity index (χ2n) is 6.65. The first-order valence-corrected chi connectivity index (χ1v) is 7.57. The molecule has 1 aliphatic rings. The van der Waals surface area contributed by atoms with Gasteiger partial charge < -0.3 is 9.84 Å². The van der Waals surface area contributed by atoms with Crippen LogP contribution in [0.2, 0.25) is 0 Å². The first-order valence-electron chi connectivity index (χ1n) is 7.57. The van der Waals surface area contributed by atoms with Crippen molar-refractivity contribution in [2.75, 3.05) is 0 Å². The molecule has 1 aliphatic carbocycles. The second kappa shape index (κ2) is 6.48. The Morgan fingerprint density at radius 3 is 2.48 bits per heavy atom. The highest BCUT2D eigenvalue weighted by atomic mass is 16.6. The molecule has 116 valence electrons. The summed E-state index contributed by atoms with van der Waals surface area (Å²) in [4.78, 5) is 14.2. The number of aliphatic hydroxyl groups is 1. The number of aliphatic hydroxyl groups excluding tert-OH is 1. The number of nitrogens with zero attached hydrogens (tertiary/aromatic N) is 1. The van der Waals surface area contributed by atoms with E-state index in [4.69, 9.17) is 4.74 Å². The molecule has 2 rings (SSSR count). The quantitative estimate of drug-likeness (QED) is 0.929. The van der Waals surface area contributed by atoms with Gasteiger partial charge in [0, 0.05) is 5.54 Å². The number of ether oxygens (including phenoxy) is 1. The second-order valence-corrected chi connectivity index (χ2v) is 6.65. The van der Waals surface area contributed by atoms with Gasteiger partial charge in [0.15, 0.2) is 0 Å². The Kier molecular flexibility index (Phi) is 4.88. The largest absolute Gasteiger partial charge is 0.445 e. The zero-order chi connectivity index (χ0) is 15.5. The van der Waals surface area contributed by atoms with Crippen LogP contribution in [0.25, 0.3) is 0 Å². The van der Waals surface area contributed by atoms with E-state index in [1.165, 1.54) is 0 Å². The van der Waals surface area contributed by atoms with Gasteiger partial charge in [-0.25, -0.2) is 4.79 Å². The van der Waals surface area contributed by atoms with E-state index in [9.17, 15) is 9.90 Å². The Morgan fingerprint density at radius 1 is 1.29 bits per heavy atom. The number of benzene rings is 1. The van der Waals surface area contributed by atoms with Crippen molar-refractivity contribution in [1.29, 1.82) is 0 Å². The number of amides is 1. The first kappa shape index (κ1) is 15.8. The van der Waals surface area contributed by atoms with Gasteiger partial charge in [-0.15, -0.1) is 0 Å². The standard InChI is InChI=1S/C17H25NO3/c1-17(2,3)18(14-10-7-11-15(14)19)16(20)21-12-13-8-5-4-6-9-13/h4-6,8-9,14-15,19H,7,10-12H2,1-3H3/t14-,15-/m1/s1. The highest BCUT2D eigenvalue weighted by Crippen LogP contribution is 2.30. The average molecular weight is 291 g/mol. The van der Waals surface area contributed by atoms with Crippen LogP contribution >= 0.6 is 0 Å². The van der Waals surface area contributed by atoms with Gasteiger partial charge in [0.25, 0.3) is 0 Å². The van der Waals surface area contributed by atoms with Gasteiger partial charge in [-0.1, -0.05) is 30.3 Å². The maximum Gasteiger partial charge on any atom is 0.410 e. The molecule has 0 unspecified atom stereocenters. The van der Waals surface area contributed by atoms with Crippen LogP contribution in [0.1, 0.15) is 45.6 Å². The molecule has 0 saturated heterocycles. The van der Waals surface area contributed by atoms with E-state index in [-0.39, 0.29) is 24.3 Å². The van der Waals surface area contributed by atoms with Crippen molar-refractivity contribution in [2.24, 2.45) is 0 Å². The monoisotopic (exact) mass is 291 g/mol. The van der Waals surface area contributed by atoms with Gasteiger partial charge in [-0.05, 0) is 45.6 Å². The number of carbonyl (C=O) groups excluding carboxylic acids is 1. The summed E-state index contributed by atoms with van der Waals surface area (Å²) in [7, 11) is 0. The van der Waals surface area contributed by atoms with Crippen LogP contribution in [-0.4, -0.2) is 33.8 Å². The van der Waals surface area contributed by atoms with Gasteiger partial charge in [0.2, 0.25) is 0 Å². The predicted molar refractivity (Wildman–Crippen MR) is 81.9 cm³/mol. The zero-order valence-electron chi connectivity index (χ0n) is 13.1. The molecule has 1 aromatic rings. The van der Waals surface area contributed by atoms with Crippen LogP contribution < -0.4 is 0 Å². The highest BCUT2D eigenvalue weighted by molar-refractivity contribution is 5.69. The van der Waals surface area contributed by atoms with E-state index in [1.54, 1.807) is 4.90 Å². The molecule has 21 heavy (non-hydrogen) atoms. The number of carbonyl (C=O) groups is 1. The Labute approximate surface area is 126 Å². The zero-order valence-corrected chi connectivity index (χ0v) is 13.1. The molecule has 1 amide bonds. The molecule has 1 N–H and O–H groups in total. The van der Waals surface area contributed by atoms with E-state index in [0.29, 0.717) is 0 Å². The van der Waals surface area contributed by atoms with E-state index >= 15 is 0 Å². The van der Waals surface area contributed by atoms with Crippen LogP contribution in [0.4, 0.5) is 4.79 Å². The van der Waals surface area contributed by atoms with Crippen molar-refractivity contribution in [3.05, 3.63) is 35.9 Å². The fourth-order valence-electron chi connectivity index (χ4n) is 2.92. The van der Waals surface area contributed by atoms with Crippen molar-refractivity contribution < 1.29 is 14.6 Å². The molecule has 4 heteroatoms. The van der Waals surface area contributed by atoms with Crippen LogP contribution in [0.3, 0.4) is 0 Å². The van der Waals surface area contributed by atoms with Crippen molar-refractivity contribution in [2.45, 2.75) is 64.3 Å². The summed E-state index contributed by atoms with van der Waals surface area (Å²) in [5.41, 5.74) is 0.593. The summed E-state index contributed by atoms with van der Waals surface area (Å²) < 4.78 is 5.45. The third-order valence-electron chi connectivity index (χ3n) is 3.90. The molecule has 4 nitrogen and oxygen atoms in total. The van der Waals surface area contributed by atoms with E-state index in [2.05, 4.69) is 0 Å². The molecule has 0 aromatic heterocycles. The van der Waals surface area contributed by atoms with Gasteiger partial charge in [0.1, 0.15) is 6.61 Å². The molecule has 0 bridgehead atoms. The fourth-order valence-corrected chi connectivity index (χ4v) is 2.92. The molecule has 0 radical (unpaired) electrons. The maximum absolute atomic E-state index is 12.5. The summed E-state index contributed by atoms with van der Waals surface area (Å²) in [5.74, 6) is 0. The maximum atomic E-state index is 12.5. The van der Waals surface area contributed by atoms with Gasteiger partial charge in [0.05, 0.1) is 12.1 Å². The summed E-state index contributed by atoms with van der Waals surface area (Å²) in [6.07, 6.45) is 1.73. The minimum Gasteiger partial charge on any atom is -0.445 e. The minimum absolute atomic E-state index is 0.145. The molecule has 0 spiro atoms. The number of rotatable bonds is 3. The molecule has 0 heterocycles. The summed E-state index contributed by atoms with van der Waals surface area (Å²) in [6, 6.07) is 9.49. The molecular formula is C17H25NO3. The number of hydrogen-bond donors (Lipinski definition) is 1. The van der Waals surface area contributed by atoms with Crippen molar-refractivity contribution >= 4 is 6.09 Å². The fraction of sp³-hybridized carbons (Fsp3) is 0.588. The lowest BCUT2D eigenvalue weighted by Gasteiger charge is -2.40. The lowest BCUT2D eigenvalue weighted by atomic mass is 10.0. The van der Waals surface area contributed by atoms with Crippen molar-refractivity contribution in [3.63, 3.8) is 0 Å². The SMILES string of the molecule is CC(C)(C)N(C(=O)OCc1ccccc1)[C@@H]1CCC[C@H]1O. The normalized spacial score (nSPS) is 22.1. The summed E-state index contributed by atoms with van der Waals surface area (Å²) in [6.45, 7) is 6.18. The molecule has 0 aliphatic heterocycles. The van der Waals surface area contributed by atoms with E-state index in [1.807, 2.05) is 51.1 Å². The Balaban J connectivity index is 2.05. The van der Waals surface area contributed by atoms with E-state index in [0.717, 1.165) is 24.8 Å². The third kappa shape index (κ3) is 3.97. The van der Waals surface area contributed by atoms with Gasteiger partial charge in [-0.2, -0.15) is 0 Å². The Morgan fingerprint density at radius 2 is 1.95 bits per heavy atom. The highest BCUT2D eigenvalue weighted by Gasteiger charge is 2.40. The molecule has 1 fully saturated rings.